The SMILES string of the molecule is CCCN(Cc1ccc(C)cc1)C(=O)CSc1nnc(-n2nc(C)cc2C)n1N. The molecule has 0 spiro atoms. The molecule has 0 aliphatic rings. The summed E-state index contributed by atoms with van der Waals surface area (Å²) in [6, 6.07) is 10.2. The van der Waals surface area contributed by atoms with Gasteiger partial charge in [0.2, 0.25) is 11.1 Å². The lowest BCUT2D eigenvalue weighted by Gasteiger charge is -2.22. The molecule has 9 heteroatoms. The lowest BCUT2D eigenvalue weighted by atomic mass is 10.1. The summed E-state index contributed by atoms with van der Waals surface area (Å²) in [5, 5.41) is 13.1. The molecule has 0 radical (unpaired) electrons. The fraction of sp³-hybridized carbons (Fsp3) is 0.400. The van der Waals surface area contributed by atoms with Crippen LogP contribution in [0.4, 0.5) is 0 Å². The van der Waals surface area contributed by atoms with Gasteiger partial charge in [-0.3, -0.25) is 4.79 Å². The summed E-state index contributed by atoms with van der Waals surface area (Å²) in [6.07, 6.45) is 0.900. The van der Waals surface area contributed by atoms with Crippen molar-refractivity contribution in [2.75, 3.05) is 18.1 Å². The van der Waals surface area contributed by atoms with Crippen LogP contribution in [0.15, 0.2) is 35.5 Å². The number of nitrogens with two attached hydrogens (primary N) is 1. The summed E-state index contributed by atoms with van der Waals surface area (Å²) in [7, 11) is 0. The molecule has 3 aromatic rings. The highest BCUT2D eigenvalue weighted by atomic mass is 32.2. The quantitative estimate of drug-likeness (QED) is 0.451. The maximum atomic E-state index is 12.8. The molecule has 2 aromatic heterocycles. The zero-order valence-electron chi connectivity index (χ0n) is 17.3. The number of thioether (sulfide) groups is 1. The molecule has 0 unspecified atom stereocenters. The van der Waals surface area contributed by atoms with Crippen molar-refractivity contribution in [1.82, 2.24) is 29.6 Å². The number of rotatable bonds is 8. The Hall–Kier alpha value is -2.81. The largest absolute Gasteiger partial charge is 0.338 e. The van der Waals surface area contributed by atoms with Crippen molar-refractivity contribution >= 4 is 17.7 Å². The number of nitrogens with zero attached hydrogens (tertiary/aromatic N) is 6. The van der Waals surface area contributed by atoms with Gasteiger partial charge in [-0.05, 0) is 38.8 Å². The van der Waals surface area contributed by atoms with Gasteiger partial charge >= 0.3 is 0 Å². The number of hydrogen-bond donors (Lipinski definition) is 1. The van der Waals surface area contributed by atoms with Crippen molar-refractivity contribution in [2.24, 2.45) is 0 Å². The standard InChI is InChI=1S/C20H27N7OS/c1-5-10-25(12-17-8-6-14(2)7-9-17)18(28)13-29-20-23-22-19(26(20)21)27-16(4)11-15(3)24-27/h6-9,11H,5,10,12-13,21H2,1-4H3. The third-order valence-electron chi connectivity index (χ3n) is 4.51. The van der Waals surface area contributed by atoms with Crippen molar-refractivity contribution in [1.29, 1.82) is 0 Å². The number of aromatic nitrogens is 5. The molecule has 8 nitrogen and oxygen atoms in total. The van der Waals surface area contributed by atoms with Crippen molar-refractivity contribution in [2.45, 2.75) is 45.8 Å². The molecule has 0 aliphatic heterocycles. The van der Waals surface area contributed by atoms with E-state index in [1.165, 1.54) is 22.0 Å². The number of benzene rings is 1. The van der Waals surface area contributed by atoms with Gasteiger partial charge in [-0.25, -0.2) is 9.36 Å². The minimum Gasteiger partial charge on any atom is -0.338 e. The number of amides is 1. The Morgan fingerprint density at radius 1 is 1.17 bits per heavy atom. The topological polar surface area (TPSA) is 94.9 Å². The summed E-state index contributed by atoms with van der Waals surface area (Å²) >= 11 is 1.28. The second-order valence-corrected chi connectivity index (χ2v) is 8.02. The van der Waals surface area contributed by atoms with E-state index in [-0.39, 0.29) is 11.7 Å². The number of aryl methyl sites for hydroxylation is 3. The first-order valence-corrected chi connectivity index (χ1v) is 10.6. The first-order chi connectivity index (χ1) is 13.9. The van der Waals surface area contributed by atoms with Crippen LogP contribution < -0.4 is 5.84 Å². The monoisotopic (exact) mass is 413 g/mol. The van der Waals surface area contributed by atoms with Gasteiger partial charge in [-0.2, -0.15) is 5.10 Å². The zero-order chi connectivity index (χ0) is 21.0. The number of carbonyl (C=O) groups excluding carboxylic acids is 1. The zero-order valence-corrected chi connectivity index (χ0v) is 18.1. The van der Waals surface area contributed by atoms with Gasteiger partial charge in [-0.15, -0.1) is 10.2 Å². The van der Waals surface area contributed by atoms with E-state index >= 15 is 0 Å². The highest BCUT2D eigenvalue weighted by molar-refractivity contribution is 7.99. The number of carbonyl (C=O) groups is 1. The first-order valence-electron chi connectivity index (χ1n) is 9.59. The van der Waals surface area contributed by atoms with Gasteiger partial charge in [0.25, 0.3) is 5.95 Å². The third kappa shape index (κ3) is 4.97. The van der Waals surface area contributed by atoms with Crippen LogP contribution in [0.5, 0.6) is 0 Å². The molecule has 0 saturated carbocycles. The maximum Gasteiger partial charge on any atom is 0.271 e. The van der Waals surface area contributed by atoms with Crippen LogP contribution in [0.1, 0.15) is 35.9 Å². The molecule has 1 amide bonds. The predicted octanol–water partition coefficient (Wildman–Crippen LogP) is 2.63. The van der Waals surface area contributed by atoms with Crippen molar-refractivity contribution in [3.8, 4) is 5.95 Å². The Labute approximate surface area is 175 Å². The van der Waals surface area contributed by atoms with Gasteiger partial charge in [0.15, 0.2) is 0 Å². The number of hydrogen-bond acceptors (Lipinski definition) is 6. The molecule has 29 heavy (non-hydrogen) atoms. The van der Waals surface area contributed by atoms with Gasteiger partial charge in [0.05, 0.1) is 11.4 Å². The Morgan fingerprint density at radius 3 is 2.52 bits per heavy atom. The van der Waals surface area contributed by atoms with Crippen molar-refractivity contribution < 1.29 is 4.79 Å². The lowest BCUT2D eigenvalue weighted by molar-refractivity contribution is -0.129. The molecule has 0 atom stereocenters. The highest BCUT2D eigenvalue weighted by Crippen LogP contribution is 2.19. The van der Waals surface area contributed by atoms with E-state index in [2.05, 4.69) is 53.4 Å². The van der Waals surface area contributed by atoms with Crippen LogP contribution in [-0.2, 0) is 11.3 Å². The average Bonchev–Trinajstić information content (AvgIpc) is 3.22. The summed E-state index contributed by atoms with van der Waals surface area (Å²) < 4.78 is 3.02. The van der Waals surface area contributed by atoms with Gasteiger partial charge in [0, 0.05) is 18.8 Å². The summed E-state index contributed by atoms with van der Waals surface area (Å²) in [4.78, 5) is 14.7. The molecule has 2 N–H and O–H groups in total. The summed E-state index contributed by atoms with van der Waals surface area (Å²) in [5.41, 5.74) is 4.12. The van der Waals surface area contributed by atoms with E-state index in [1.807, 2.05) is 24.8 Å². The van der Waals surface area contributed by atoms with E-state index < -0.39 is 0 Å². The molecule has 3 rings (SSSR count). The minimum absolute atomic E-state index is 0.0492. The predicted molar refractivity (Wildman–Crippen MR) is 114 cm³/mol. The third-order valence-corrected chi connectivity index (χ3v) is 5.44. The molecule has 0 fully saturated rings. The number of nitrogen functional groups attached to an aromatic ring is 1. The molecular formula is C20H27N7OS. The van der Waals surface area contributed by atoms with E-state index in [4.69, 9.17) is 5.84 Å². The molecule has 154 valence electrons. The molecule has 1 aromatic carbocycles. The molecule has 0 saturated heterocycles. The molecule has 0 aliphatic carbocycles. The van der Waals surface area contributed by atoms with Gasteiger partial charge in [-0.1, -0.05) is 48.5 Å². The lowest BCUT2D eigenvalue weighted by Crippen LogP contribution is -2.32. The first kappa shape index (κ1) is 20.9. The second kappa shape index (κ2) is 9.13. The van der Waals surface area contributed by atoms with Crippen LogP contribution >= 0.6 is 11.8 Å². The average molecular weight is 414 g/mol. The molecule has 2 heterocycles. The maximum absolute atomic E-state index is 12.8. The molecule has 0 bridgehead atoms. The van der Waals surface area contributed by atoms with Crippen LogP contribution in [0, 0.1) is 20.8 Å². The van der Waals surface area contributed by atoms with Gasteiger partial charge < -0.3 is 10.7 Å². The highest BCUT2D eigenvalue weighted by Gasteiger charge is 2.18. The fourth-order valence-corrected chi connectivity index (χ4v) is 3.79. The van der Waals surface area contributed by atoms with E-state index in [0.29, 0.717) is 24.2 Å². The Kier molecular flexibility index (Phi) is 6.58. The summed E-state index contributed by atoms with van der Waals surface area (Å²) in [5.74, 6) is 6.88. The van der Waals surface area contributed by atoms with Crippen LogP contribution in [0.25, 0.3) is 5.95 Å². The normalized spacial score (nSPS) is 11.0. The van der Waals surface area contributed by atoms with Crippen LogP contribution in [0.2, 0.25) is 0 Å². The molecular weight excluding hydrogens is 386 g/mol. The van der Waals surface area contributed by atoms with Gasteiger partial charge in [0.1, 0.15) is 0 Å². The van der Waals surface area contributed by atoms with Crippen molar-refractivity contribution in [3.05, 3.63) is 52.8 Å². The van der Waals surface area contributed by atoms with Crippen LogP contribution in [0.3, 0.4) is 0 Å². The van der Waals surface area contributed by atoms with E-state index in [0.717, 1.165) is 23.4 Å². The summed E-state index contributed by atoms with van der Waals surface area (Å²) in [6.45, 7) is 9.27. The van der Waals surface area contributed by atoms with E-state index in [9.17, 15) is 4.79 Å². The Morgan fingerprint density at radius 2 is 1.90 bits per heavy atom. The van der Waals surface area contributed by atoms with E-state index in [1.54, 1.807) is 4.68 Å². The Bertz CT molecular complexity index is 977. The van der Waals surface area contributed by atoms with Crippen LogP contribution in [-0.4, -0.2) is 47.8 Å². The Balaban J connectivity index is 1.67. The minimum atomic E-state index is 0.0492. The van der Waals surface area contributed by atoms with Crippen molar-refractivity contribution in [3.63, 3.8) is 0 Å². The second-order valence-electron chi connectivity index (χ2n) is 7.08. The fourth-order valence-electron chi connectivity index (χ4n) is 3.04. The smallest absolute Gasteiger partial charge is 0.271 e.